The van der Waals surface area contributed by atoms with Gasteiger partial charge in [-0.25, -0.2) is 0 Å². The van der Waals surface area contributed by atoms with Gasteiger partial charge in [0.1, 0.15) is 5.75 Å². The number of nitrogens with two attached hydrogens (primary N) is 1. The van der Waals surface area contributed by atoms with Crippen LogP contribution in [0.3, 0.4) is 0 Å². The van der Waals surface area contributed by atoms with Crippen molar-refractivity contribution in [2.24, 2.45) is 5.73 Å². The summed E-state index contributed by atoms with van der Waals surface area (Å²) >= 11 is 0. The zero-order valence-electron chi connectivity index (χ0n) is 9.10. The summed E-state index contributed by atoms with van der Waals surface area (Å²) in [7, 11) is 0. The van der Waals surface area contributed by atoms with Crippen LogP contribution in [0.5, 0.6) is 5.75 Å². The number of hydrogen-bond acceptors (Lipinski definition) is 3. The average Bonchev–Trinajstić information content (AvgIpc) is 2.42. The molecule has 1 aromatic carbocycles. The molecule has 0 saturated carbocycles. The monoisotopic (exact) mass is 220 g/mol. The van der Waals surface area contributed by atoms with Crippen LogP contribution in [0.2, 0.25) is 0 Å². The van der Waals surface area contributed by atoms with E-state index in [0.717, 1.165) is 12.8 Å². The minimum Gasteiger partial charge on any atom is -0.506 e. The molecule has 0 aromatic heterocycles. The fourth-order valence-corrected chi connectivity index (χ4v) is 2.00. The molecule has 0 spiro atoms. The first-order chi connectivity index (χ1) is 7.68. The van der Waals surface area contributed by atoms with Crippen molar-refractivity contribution >= 4 is 11.6 Å². The van der Waals surface area contributed by atoms with E-state index in [1.807, 2.05) is 0 Å². The summed E-state index contributed by atoms with van der Waals surface area (Å²) in [6.07, 6.45) is 2.18. The minimum absolute atomic E-state index is 0.00828. The molecule has 1 fully saturated rings. The van der Waals surface area contributed by atoms with Gasteiger partial charge in [-0.05, 0) is 25.0 Å². The van der Waals surface area contributed by atoms with Crippen LogP contribution >= 0.6 is 0 Å². The summed E-state index contributed by atoms with van der Waals surface area (Å²) in [6, 6.07) is 6.86. The third kappa shape index (κ3) is 2.17. The number of phenolic OH excluding ortho intramolecular Hbond substituents is 1. The highest BCUT2D eigenvalue weighted by Gasteiger charge is 2.23. The number of aromatic hydroxyl groups is 1. The molecule has 86 valence electrons. The van der Waals surface area contributed by atoms with Gasteiger partial charge in [0.15, 0.2) is 0 Å². The highest BCUT2D eigenvalue weighted by Crippen LogP contribution is 2.28. The number of benzene rings is 1. The molecule has 1 saturated heterocycles. The van der Waals surface area contributed by atoms with Crippen LogP contribution in [0.25, 0.3) is 0 Å². The SMILES string of the molecule is NC1CCCC(=O)N(c2ccccc2O)C1. The number of carbonyl (C=O) groups excluding carboxylic acids is 1. The Bertz CT molecular complexity index is 392. The highest BCUT2D eigenvalue weighted by atomic mass is 16.3. The summed E-state index contributed by atoms with van der Waals surface area (Å²) in [5, 5.41) is 9.72. The normalized spacial score (nSPS) is 21.9. The first kappa shape index (κ1) is 11.0. The maximum absolute atomic E-state index is 11.9. The molecule has 3 N–H and O–H groups in total. The second-order valence-corrected chi connectivity index (χ2v) is 4.15. The Kier molecular flexibility index (Phi) is 3.10. The highest BCUT2D eigenvalue weighted by molar-refractivity contribution is 5.95. The van der Waals surface area contributed by atoms with E-state index in [9.17, 15) is 9.90 Å². The van der Waals surface area contributed by atoms with E-state index in [0.29, 0.717) is 18.7 Å². The first-order valence-electron chi connectivity index (χ1n) is 5.52. The fourth-order valence-electron chi connectivity index (χ4n) is 2.00. The molecule has 4 nitrogen and oxygen atoms in total. The van der Waals surface area contributed by atoms with Crippen LogP contribution in [-0.4, -0.2) is 23.6 Å². The van der Waals surface area contributed by atoms with Crippen LogP contribution in [0.15, 0.2) is 24.3 Å². The number of para-hydroxylation sites is 2. The second-order valence-electron chi connectivity index (χ2n) is 4.15. The Hall–Kier alpha value is -1.55. The maximum atomic E-state index is 11.9. The van der Waals surface area contributed by atoms with Gasteiger partial charge in [0.2, 0.25) is 5.91 Å². The fraction of sp³-hybridized carbons (Fsp3) is 0.417. The van der Waals surface area contributed by atoms with Crippen molar-refractivity contribution in [3.63, 3.8) is 0 Å². The molecule has 1 heterocycles. The molecule has 0 bridgehead atoms. The number of amides is 1. The summed E-state index contributed by atoms with van der Waals surface area (Å²) < 4.78 is 0. The third-order valence-corrected chi connectivity index (χ3v) is 2.86. The summed E-state index contributed by atoms with van der Waals surface area (Å²) in [5.74, 6) is 0.166. The standard InChI is InChI=1S/C12H16N2O2/c13-9-4-3-7-12(16)14(8-9)10-5-1-2-6-11(10)15/h1-2,5-6,9,15H,3-4,7-8,13H2. The van der Waals surface area contributed by atoms with Crippen LogP contribution in [0.4, 0.5) is 5.69 Å². The molecule has 1 aliphatic heterocycles. The molecule has 1 unspecified atom stereocenters. The van der Waals surface area contributed by atoms with Crippen molar-refractivity contribution in [2.75, 3.05) is 11.4 Å². The van der Waals surface area contributed by atoms with E-state index < -0.39 is 0 Å². The Balaban J connectivity index is 2.30. The predicted octanol–water partition coefficient (Wildman–Crippen LogP) is 1.24. The number of anilines is 1. The Morgan fingerprint density at radius 3 is 2.88 bits per heavy atom. The minimum atomic E-state index is -0.00828. The van der Waals surface area contributed by atoms with Gasteiger partial charge in [0, 0.05) is 19.0 Å². The van der Waals surface area contributed by atoms with Gasteiger partial charge in [-0.15, -0.1) is 0 Å². The summed E-state index contributed by atoms with van der Waals surface area (Å²) in [6.45, 7) is 0.483. The van der Waals surface area contributed by atoms with Crippen molar-refractivity contribution in [1.29, 1.82) is 0 Å². The van der Waals surface area contributed by atoms with Crippen molar-refractivity contribution in [3.8, 4) is 5.75 Å². The number of carbonyl (C=O) groups is 1. The molecule has 1 atom stereocenters. The van der Waals surface area contributed by atoms with Crippen LogP contribution < -0.4 is 10.6 Å². The number of phenols is 1. The zero-order chi connectivity index (χ0) is 11.5. The van der Waals surface area contributed by atoms with E-state index in [4.69, 9.17) is 5.73 Å². The van der Waals surface area contributed by atoms with Gasteiger partial charge in [-0.3, -0.25) is 4.79 Å². The Morgan fingerprint density at radius 1 is 1.38 bits per heavy atom. The van der Waals surface area contributed by atoms with Gasteiger partial charge in [-0.1, -0.05) is 12.1 Å². The quantitative estimate of drug-likeness (QED) is 0.748. The van der Waals surface area contributed by atoms with E-state index >= 15 is 0 Å². The van der Waals surface area contributed by atoms with Crippen molar-refractivity contribution in [1.82, 2.24) is 0 Å². The molecule has 0 aliphatic carbocycles. The number of rotatable bonds is 1. The van der Waals surface area contributed by atoms with E-state index in [1.165, 1.54) is 0 Å². The topological polar surface area (TPSA) is 66.6 Å². The van der Waals surface area contributed by atoms with Gasteiger partial charge in [-0.2, -0.15) is 0 Å². The number of nitrogens with zero attached hydrogens (tertiary/aromatic N) is 1. The van der Waals surface area contributed by atoms with Gasteiger partial charge >= 0.3 is 0 Å². The maximum Gasteiger partial charge on any atom is 0.227 e. The lowest BCUT2D eigenvalue weighted by Gasteiger charge is -2.23. The molecule has 1 aliphatic rings. The lowest BCUT2D eigenvalue weighted by molar-refractivity contribution is -0.118. The molecule has 2 rings (SSSR count). The van der Waals surface area contributed by atoms with E-state index in [1.54, 1.807) is 29.2 Å². The largest absolute Gasteiger partial charge is 0.506 e. The Morgan fingerprint density at radius 2 is 2.12 bits per heavy atom. The average molecular weight is 220 g/mol. The van der Waals surface area contributed by atoms with Crippen molar-refractivity contribution in [3.05, 3.63) is 24.3 Å². The first-order valence-corrected chi connectivity index (χ1v) is 5.52. The second kappa shape index (κ2) is 4.53. The molecular weight excluding hydrogens is 204 g/mol. The summed E-state index contributed by atoms with van der Waals surface area (Å²) in [5.41, 5.74) is 6.46. The predicted molar refractivity (Wildman–Crippen MR) is 62.3 cm³/mol. The van der Waals surface area contributed by atoms with Gasteiger partial charge in [0.05, 0.1) is 5.69 Å². The van der Waals surface area contributed by atoms with E-state index in [2.05, 4.69) is 0 Å². The van der Waals surface area contributed by atoms with Crippen LogP contribution in [0.1, 0.15) is 19.3 Å². The van der Waals surface area contributed by atoms with Crippen molar-refractivity contribution in [2.45, 2.75) is 25.3 Å². The smallest absolute Gasteiger partial charge is 0.227 e. The van der Waals surface area contributed by atoms with E-state index in [-0.39, 0.29) is 17.7 Å². The van der Waals surface area contributed by atoms with Gasteiger partial charge < -0.3 is 15.7 Å². The lowest BCUT2D eigenvalue weighted by atomic mass is 10.1. The molecule has 0 radical (unpaired) electrons. The van der Waals surface area contributed by atoms with Gasteiger partial charge in [0.25, 0.3) is 0 Å². The zero-order valence-corrected chi connectivity index (χ0v) is 9.10. The van der Waals surface area contributed by atoms with Crippen molar-refractivity contribution < 1.29 is 9.90 Å². The molecule has 4 heteroatoms. The molecular formula is C12H16N2O2. The summed E-state index contributed by atoms with van der Waals surface area (Å²) in [4.78, 5) is 13.5. The molecule has 16 heavy (non-hydrogen) atoms. The molecule has 1 aromatic rings. The lowest BCUT2D eigenvalue weighted by Crippen LogP contribution is -2.38. The van der Waals surface area contributed by atoms with Crippen LogP contribution in [-0.2, 0) is 4.79 Å². The number of hydrogen-bond donors (Lipinski definition) is 2. The Labute approximate surface area is 94.7 Å². The van der Waals surface area contributed by atoms with Crippen LogP contribution in [0, 0.1) is 0 Å². The molecule has 1 amide bonds. The third-order valence-electron chi connectivity index (χ3n) is 2.86.